The van der Waals surface area contributed by atoms with Gasteiger partial charge in [-0.05, 0) is 24.1 Å². The monoisotopic (exact) mass is 236 g/mol. The molecule has 0 aliphatic carbocycles. The summed E-state index contributed by atoms with van der Waals surface area (Å²) in [5.41, 5.74) is 0.962. The summed E-state index contributed by atoms with van der Waals surface area (Å²) in [7, 11) is 0. The molecule has 1 aliphatic heterocycles. The van der Waals surface area contributed by atoms with Crippen LogP contribution in [-0.2, 0) is 11.2 Å². The first-order chi connectivity index (χ1) is 8.16. The molecule has 1 atom stereocenters. The lowest BCUT2D eigenvalue weighted by Gasteiger charge is -2.10. The van der Waals surface area contributed by atoms with Gasteiger partial charge in [0.25, 0.3) is 0 Å². The minimum absolute atomic E-state index is 0.389. The maximum absolute atomic E-state index is 10.8. The highest BCUT2D eigenvalue weighted by Gasteiger charge is 2.15. The minimum atomic E-state index is -0.780. The maximum Gasteiger partial charge on any atom is 0.306 e. The number of benzene rings is 1. The molecule has 1 aliphatic rings. The first kappa shape index (κ1) is 11.8. The van der Waals surface area contributed by atoms with Gasteiger partial charge in [-0.25, -0.2) is 0 Å². The molecule has 1 N–H and O–H groups in total. The van der Waals surface area contributed by atoms with Crippen LogP contribution in [0, 0.1) is 5.92 Å². The molecule has 0 spiro atoms. The van der Waals surface area contributed by atoms with Crippen molar-refractivity contribution in [2.75, 3.05) is 13.2 Å². The van der Waals surface area contributed by atoms with E-state index < -0.39 is 5.97 Å². The Morgan fingerprint density at radius 1 is 1.35 bits per heavy atom. The van der Waals surface area contributed by atoms with Gasteiger partial charge in [0.1, 0.15) is 0 Å². The minimum Gasteiger partial charge on any atom is -0.490 e. The van der Waals surface area contributed by atoms with E-state index in [1.807, 2.05) is 18.2 Å². The van der Waals surface area contributed by atoms with Crippen LogP contribution >= 0.6 is 0 Å². The molecule has 0 saturated heterocycles. The summed E-state index contributed by atoms with van der Waals surface area (Å²) in [6, 6.07) is 5.62. The fourth-order valence-corrected chi connectivity index (χ4v) is 1.78. The predicted octanol–water partition coefficient (Wildman–Crippen LogP) is 2.11. The Labute approximate surface area is 100 Å². The van der Waals surface area contributed by atoms with Gasteiger partial charge >= 0.3 is 5.97 Å². The topological polar surface area (TPSA) is 55.8 Å². The molecule has 1 aromatic rings. The molecule has 1 heterocycles. The van der Waals surface area contributed by atoms with Crippen LogP contribution in [0.1, 0.15) is 18.9 Å². The molecule has 2 rings (SSSR count). The van der Waals surface area contributed by atoms with Crippen molar-refractivity contribution in [1.82, 2.24) is 0 Å². The number of aliphatic carboxylic acids is 1. The number of carbonyl (C=O) groups is 1. The SMILES string of the molecule is CC(Cc1ccc2c(c1)OCCCO2)C(=O)O. The molecule has 1 unspecified atom stereocenters. The van der Waals surface area contributed by atoms with Gasteiger partial charge in [-0.15, -0.1) is 0 Å². The molecule has 4 heteroatoms. The fraction of sp³-hybridized carbons (Fsp3) is 0.462. The molecule has 0 aromatic heterocycles. The van der Waals surface area contributed by atoms with E-state index in [0.717, 1.165) is 23.5 Å². The number of ether oxygens (including phenoxy) is 2. The van der Waals surface area contributed by atoms with Crippen molar-refractivity contribution < 1.29 is 19.4 Å². The van der Waals surface area contributed by atoms with Gasteiger partial charge in [0.2, 0.25) is 0 Å². The molecule has 92 valence electrons. The van der Waals surface area contributed by atoms with Gasteiger partial charge in [-0.2, -0.15) is 0 Å². The van der Waals surface area contributed by atoms with E-state index in [0.29, 0.717) is 19.6 Å². The number of fused-ring (bicyclic) bond motifs is 1. The molecular weight excluding hydrogens is 220 g/mol. The lowest BCUT2D eigenvalue weighted by atomic mass is 10.0. The third-order valence-electron chi connectivity index (χ3n) is 2.78. The second-order valence-corrected chi connectivity index (χ2v) is 4.27. The predicted molar refractivity (Wildman–Crippen MR) is 62.6 cm³/mol. The Hall–Kier alpha value is -1.71. The summed E-state index contributed by atoms with van der Waals surface area (Å²) in [6.45, 7) is 3.01. The zero-order valence-corrected chi connectivity index (χ0v) is 9.81. The van der Waals surface area contributed by atoms with E-state index in [2.05, 4.69) is 0 Å². The first-order valence-electron chi connectivity index (χ1n) is 5.78. The van der Waals surface area contributed by atoms with E-state index in [4.69, 9.17) is 14.6 Å². The number of carboxylic acids is 1. The summed E-state index contributed by atoms with van der Waals surface area (Å²) in [4.78, 5) is 10.8. The first-order valence-corrected chi connectivity index (χ1v) is 5.78. The van der Waals surface area contributed by atoms with Crippen LogP contribution in [0.2, 0.25) is 0 Å². The smallest absolute Gasteiger partial charge is 0.306 e. The largest absolute Gasteiger partial charge is 0.490 e. The van der Waals surface area contributed by atoms with Crippen molar-refractivity contribution in [3.8, 4) is 11.5 Å². The molecule has 1 aromatic carbocycles. The van der Waals surface area contributed by atoms with Crippen molar-refractivity contribution in [2.24, 2.45) is 5.92 Å². The van der Waals surface area contributed by atoms with Crippen LogP contribution < -0.4 is 9.47 Å². The summed E-state index contributed by atoms with van der Waals surface area (Å²) < 4.78 is 11.1. The van der Waals surface area contributed by atoms with Crippen molar-refractivity contribution >= 4 is 5.97 Å². The number of hydrogen-bond acceptors (Lipinski definition) is 3. The van der Waals surface area contributed by atoms with Gasteiger partial charge in [-0.3, -0.25) is 4.79 Å². The third-order valence-corrected chi connectivity index (χ3v) is 2.78. The summed E-state index contributed by atoms with van der Waals surface area (Å²) in [5, 5.41) is 8.87. The van der Waals surface area contributed by atoms with E-state index in [-0.39, 0.29) is 5.92 Å². The number of hydrogen-bond donors (Lipinski definition) is 1. The summed E-state index contributed by atoms with van der Waals surface area (Å²) >= 11 is 0. The third kappa shape index (κ3) is 2.90. The standard InChI is InChI=1S/C13H16O4/c1-9(13(14)15)7-10-3-4-11-12(8-10)17-6-2-5-16-11/h3-4,8-9H,2,5-7H2,1H3,(H,14,15). The van der Waals surface area contributed by atoms with Crippen LogP contribution in [0.4, 0.5) is 0 Å². The summed E-state index contributed by atoms with van der Waals surface area (Å²) in [6.07, 6.45) is 1.38. The molecule has 17 heavy (non-hydrogen) atoms. The molecule has 0 fully saturated rings. The van der Waals surface area contributed by atoms with Crippen LogP contribution in [-0.4, -0.2) is 24.3 Å². The zero-order chi connectivity index (χ0) is 12.3. The van der Waals surface area contributed by atoms with Gasteiger partial charge in [0.15, 0.2) is 11.5 Å². The Kier molecular flexibility index (Phi) is 3.52. The average Bonchev–Trinajstić information content (AvgIpc) is 2.53. The van der Waals surface area contributed by atoms with Crippen molar-refractivity contribution in [3.05, 3.63) is 23.8 Å². The molecule has 0 radical (unpaired) electrons. The average molecular weight is 236 g/mol. The van der Waals surface area contributed by atoms with Crippen LogP contribution in [0.5, 0.6) is 11.5 Å². The molecule has 0 saturated carbocycles. The van der Waals surface area contributed by atoms with E-state index in [1.165, 1.54) is 0 Å². The van der Waals surface area contributed by atoms with Gasteiger partial charge in [0, 0.05) is 6.42 Å². The molecule has 0 amide bonds. The molecule has 0 bridgehead atoms. The highest BCUT2D eigenvalue weighted by molar-refractivity contribution is 5.70. The quantitative estimate of drug-likeness (QED) is 0.873. The Morgan fingerprint density at radius 2 is 2.06 bits per heavy atom. The van der Waals surface area contributed by atoms with Crippen LogP contribution in [0.25, 0.3) is 0 Å². The molecular formula is C13H16O4. The Morgan fingerprint density at radius 3 is 2.76 bits per heavy atom. The van der Waals surface area contributed by atoms with E-state index in [1.54, 1.807) is 6.92 Å². The number of rotatable bonds is 3. The van der Waals surface area contributed by atoms with E-state index >= 15 is 0 Å². The second-order valence-electron chi connectivity index (χ2n) is 4.27. The van der Waals surface area contributed by atoms with Crippen LogP contribution in [0.15, 0.2) is 18.2 Å². The second kappa shape index (κ2) is 5.08. The molecule has 4 nitrogen and oxygen atoms in total. The Balaban J connectivity index is 2.15. The van der Waals surface area contributed by atoms with Crippen LogP contribution in [0.3, 0.4) is 0 Å². The summed E-state index contributed by atoms with van der Waals surface area (Å²) in [5.74, 6) is 0.295. The van der Waals surface area contributed by atoms with Crippen molar-refractivity contribution in [1.29, 1.82) is 0 Å². The highest BCUT2D eigenvalue weighted by atomic mass is 16.5. The van der Waals surface area contributed by atoms with Crippen molar-refractivity contribution in [3.63, 3.8) is 0 Å². The zero-order valence-electron chi connectivity index (χ0n) is 9.81. The fourth-order valence-electron chi connectivity index (χ4n) is 1.78. The van der Waals surface area contributed by atoms with Gasteiger partial charge < -0.3 is 14.6 Å². The highest BCUT2D eigenvalue weighted by Crippen LogP contribution is 2.31. The van der Waals surface area contributed by atoms with Gasteiger partial charge in [0.05, 0.1) is 19.1 Å². The maximum atomic E-state index is 10.8. The number of carboxylic acid groups (broad SMARTS) is 1. The van der Waals surface area contributed by atoms with Gasteiger partial charge in [-0.1, -0.05) is 13.0 Å². The lowest BCUT2D eigenvalue weighted by molar-refractivity contribution is -0.141. The normalized spacial score (nSPS) is 16.1. The van der Waals surface area contributed by atoms with E-state index in [9.17, 15) is 4.79 Å². The lowest BCUT2D eigenvalue weighted by Crippen LogP contribution is -2.12. The van der Waals surface area contributed by atoms with Crippen molar-refractivity contribution in [2.45, 2.75) is 19.8 Å². The Bertz CT molecular complexity index is 414.